The number of aliphatic carboxylic acids is 1. The van der Waals surface area contributed by atoms with E-state index in [1.54, 1.807) is 20.9 Å². The van der Waals surface area contributed by atoms with Crippen molar-refractivity contribution in [2.45, 2.75) is 26.7 Å². The number of hydrogen-bond donors (Lipinski definition) is 1. The molecule has 1 saturated heterocycles. The van der Waals surface area contributed by atoms with Gasteiger partial charge in [-0.1, -0.05) is 0 Å². The molecule has 8 nitrogen and oxygen atoms in total. The summed E-state index contributed by atoms with van der Waals surface area (Å²) in [4.78, 5) is 23.9. The summed E-state index contributed by atoms with van der Waals surface area (Å²) in [7, 11) is 1.64. The van der Waals surface area contributed by atoms with E-state index in [-0.39, 0.29) is 11.6 Å². The third-order valence-corrected chi connectivity index (χ3v) is 4.28. The van der Waals surface area contributed by atoms with Crippen LogP contribution in [0, 0.1) is 21.4 Å². The molecule has 116 valence electrons. The lowest BCUT2D eigenvalue weighted by molar-refractivity contribution is -0.384. The van der Waals surface area contributed by atoms with Gasteiger partial charge in [-0.05, 0) is 32.6 Å². The quantitative estimate of drug-likeness (QED) is 0.669. The van der Waals surface area contributed by atoms with E-state index in [1.165, 1.54) is 10.9 Å². The van der Waals surface area contributed by atoms with Gasteiger partial charge in [-0.15, -0.1) is 5.10 Å². The third-order valence-electron chi connectivity index (χ3n) is 4.28. The summed E-state index contributed by atoms with van der Waals surface area (Å²) >= 11 is 0. The molecule has 2 heterocycles. The van der Waals surface area contributed by atoms with E-state index in [4.69, 9.17) is 0 Å². The summed E-state index contributed by atoms with van der Waals surface area (Å²) in [6.07, 6.45) is 2.98. The molecule has 0 saturated carbocycles. The molecule has 2 rings (SSSR count). The van der Waals surface area contributed by atoms with E-state index in [1.807, 2.05) is 4.90 Å². The minimum atomic E-state index is -0.859. The van der Waals surface area contributed by atoms with Gasteiger partial charge in [0.05, 0.1) is 10.3 Å². The van der Waals surface area contributed by atoms with Gasteiger partial charge in [-0.25, -0.2) is 0 Å². The number of nitrogens with zero attached hydrogens (tertiary/aromatic N) is 4. The van der Waals surface area contributed by atoms with Gasteiger partial charge in [0.25, 0.3) is 0 Å². The fraction of sp³-hybridized carbons (Fsp3) is 0.692. The summed E-state index contributed by atoms with van der Waals surface area (Å²) < 4.78 is 1.42. The van der Waals surface area contributed by atoms with E-state index < -0.39 is 16.3 Å². The van der Waals surface area contributed by atoms with Gasteiger partial charge in [0, 0.05) is 20.1 Å². The third kappa shape index (κ3) is 2.84. The van der Waals surface area contributed by atoms with Crippen LogP contribution in [0.15, 0.2) is 6.20 Å². The molecule has 1 aliphatic rings. The van der Waals surface area contributed by atoms with Crippen molar-refractivity contribution < 1.29 is 14.8 Å². The van der Waals surface area contributed by atoms with Gasteiger partial charge in [0.15, 0.2) is 0 Å². The number of carboxylic acid groups (broad SMARTS) is 1. The number of hydrogen-bond acceptors (Lipinski definition) is 5. The molecule has 0 amide bonds. The zero-order valence-electron chi connectivity index (χ0n) is 12.4. The van der Waals surface area contributed by atoms with Crippen LogP contribution >= 0.6 is 0 Å². The second-order valence-electron chi connectivity index (χ2n) is 6.08. The molecule has 8 heteroatoms. The maximum absolute atomic E-state index is 11.4. The van der Waals surface area contributed by atoms with Crippen molar-refractivity contribution in [2.24, 2.45) is 18.4 Å². The molecular formula is C13H20N4O4. The Balaban J connectivity index is 2.26. The standard InChI is InChI=1S/C13H20N4O4/c1-13(2,12(18)19)9-5-4-6-16(7-9)11-10(17(20)21)8-15(3)14-11/h8-9H,4-7H2,1-3H3,(H,18,19). The van der Waals surface area contributed by atoms with Gasteiger partial charge in [-0.2, -0.15) is 0 Å². The summed E-state index contributed by atoms with van der Waals surface area (Å²) in [5, 5.41) is 24.6. The molecule has 1 N–H and O–H groups in total. The largest absolute Gasteiger partial charge is 0.481 e. The van der Waals surface area contributed by atoms with Crippen LogP contribution in [0.25, 0.3) is 0 Å². The van der Waals surface area contributed by atoms with E-state index in [0.717, 1.165) is 12.8 Å². The lowest BCUT2D eigenvalue weighted by Crippen LogP contribution is -2.45. The molecule has 1 aromatic rings. The highest BCUT2D eigenvalue weighted by molar-refractivity contribution is 5.74. The normalized spacial score (nSPS) is 19.6. The topological polar surface area (TPSA) is 102 Å². The van der Waals surface area contributed by atoms with Crippen LogP contribution in [0.4, 0.5) is 11.5 Å². The van der Waals surface area contributed by atoms with Crippen molar-refractivity contribution in [3.05, 3.63) is 16.3 Å². The molecular weight excluding hydrogens is 276 g/mol. The van der Waals surface area contributed by atoms with Crippen molar-refractivity contribution >= 4 is 17.5 Å². The molecule has 1 unspecified atom stereocenters. The smallest absolute Gasteiger partial charge is 0.330 e. The van der Waals surface area contributed by atoms with Crippen molar-refractivity contribution in [2.75, 3.05) is 18.0 Å². The number of carbonyl (C=O) groups is 1. The highest BCUT2D eigenvalue weighted by atomic mass is 16.6. The average Bonchev–Trinajstić information content (AvgIpc) is 2.81. The number of rotatable bonds is 4. The van der Waals surface area contributed by atoms with Crippen molar-refractivity contribution in [3.8, 4) is 0 Å². The molecule has 0 radical (unpaired) electrons. The molecule has 21 heavy (non-hydrogen) atoms. The second kappa shape index (κ2) is 5.34. The first-order valence-corrected chi connectivity index (χ1v) is 6.90. The van der Waals surface area contributed by atoms with Gasteiger partial charge >= 0.3 is 11.7 Å². The number of anilines is 1. The van der Waals surface area contributed by atoms with Crippen LogP contribution in [-0.4, -0.2) is 38.9 Å². The lowest BCUT2D eigenvalue weighted by atomic mass is 9.74. The predicted molar refractivity (Wildman–Crippen MR) is 76.2 cm³/mol. The molecule has 1 fully saturated rings. The van der Waals surface area contributed by atoms with Crippen LogP contribution in [0.5, 0.6) is 0 Å². The lowest BCUT2D eigenvalue weighted by Gasteiger charge is -2.39. The van der Waals surface area contributed by atoms with Crippen molar-refractivity contribution in [1.82, 2.24) is 9.78 Å². The van der Waals surface area contributed by atoms with Gasteiger partial charge in [-0.3, -0.25) is 19.6 Å². The van der Waals surface area contributed by atoms with Crippen LogP contribution in [0.3, 0.4) is 0 Å². The van der Waals surface area contributed by atoms with E-state index in [0.29, 0.717) is 18.9 Å². The molecule has 1 aromatic heterocycles. The summed E-state index contributed by atoms with van der Waals surface area (Å²) in [5.41, 5.74) is -0.895. The monoisotopic (exact) mass is 296 g/mol. The van der Waals surface area contributed by atoms with Crippen LogP contribution in [0.1, 0.15) is 26.7 Å². The highest BCUT2D eigenvalue weighted by Gasteiger charge is 2.40. The Morgan fingerprint density at radius 1 is 1.57 bits per heavy atom. The summed E-state index contributed by atoms with van der Waals surface area (Å²) in [6, 6.07) is 0. The number of carboxylic acids is 1. The second-order valence-corrected chi connectivity index (χ2v) is 6.08. The molecule has 1 aliphatic heterocycles. The van der Waals surface area contributed by atoms with Crippen LogP contribution in [-0.2, 0) is 11.8 Å². The van der Waals surface area contributed by atoms with Crippen molar-refractivity contribution in [3.63, 3.8) is 0 Å². The predicted octanol–water partition coefficient (Wildman–Crippen LogP) is 1.66. The zero-order chi connectivity index (χ0) is 15.8. The number of aryl methyl sites for hydroxylation is 1. The molecule has 0 bridgehead atoms. The summed E-state index contributed by atoms with van der Waals surface area (Å²) in [6.45, 7) is 4.54. The molecule has 0 aliphatic carbocycles. The Bertz CT molecular complexity index is 567. The first kappa shape index (κ1) is 15.3. The average molecular weight is 296 g/mol. The summed E-state index contributed by atoms with van der Waals surface area (Å²) in [5.74, 6) is -0.580. The fourth-order valence-electron chi connectivity index (χ4n) is 2.75. The van der Waals surface area contributed by atoms with E-state index in [2.05, 4.69) is 5.10 Å². The maximum atomic E-state index is 11.4. The van der Waals surface area contributed by atoms with E-state index in [9.17, 15) is 20.0 Å². The number of piperidine rings is 1. The minimum Gasteiger partial charge on any atom is -0.481 e. The Morgan fingerprint density at radius 3 is 2.81 bits per heavy atom. The van der Waals surface area contributed by atoms with Crippen LogP contribution < -0.4 is 4.90 Å². The molecule has 0 aromatic carbocycles. The van der Waals surface area contributed by atoms with Crippen LogP contribution in [0.2, 0.25) is 0 Å². The van der Waals surface area contributed by atoms with Gasteiger partial charge < -0.3 is 10.0 Å². The SMILES string of the molecule is Cn1cc([N+](=O)[O-])c(N2CCCC(C(C)(C)C(=O)O)C2)n1. The Kier molecular flexibility index (Phi) is 3.89. The first-order valence-electron chi connectivity index (χ1n) is 6.90. The zero-order valence-corrected chi connectivity index (χ0v) is 12.4. The number of aromatic nitrogens is 2. The maximum Gasteiger partial charge on any atom is 0.330 e. The highest BCUT2D eigenvalue weighted by Crippen LogP contribution is 2.37. The van der Waals surface area contributed by atoms with Crippen molar-refractivity contribution in [1.29, 1.82) is 0 Å². The van der Waals surface area contributed by atoms with Gasteiger partial charge in [0.1, 0.15) is 6.20 Å². The van der Waals surface area contributed by atoms with Gasteiger partial charge in [0.2, 0.25) is 5.82 Å². The minimum absolute atomic E-state index is 0.0359. The van der Waals surface area contributed by atoms with E-state index >= 15 is 0 Å². The fourth-order valence-corrected chi connectivity index (χ4v) is 2.75. The first-order chi connectivity index (χ1) is 9.73. The Labute approximate surface area is 122 Å². The Morgan fingerprint density at radius 2 is 2.24 bits per heavy atom. The molecule has 0 spiro atoms. The molecule has 1 atom stereocenters. The number of nitro groups is 1. The Hall–Kier alpha value is -2.12.